The maximum absolute atomic E-state index is 14.2. The molecule has 7 nitrogen and oxygen atoms in total. The third kappa shape index (κ3) is 5.32. The summed E-state index contributed by atoms with van der Waals surface area (Å²) in [6, 6.07) is 15.0. The van der Waals surface area contributed by atoms with Crippen molar-refractivity contribution in [1.82, 2.24) is 10.2 Å². The zero-order valence-electron chi connectivity index (χ0n) is 23.1. The van der Waals surface area contributed by atoms with Crippen molar-refractivity contribution in [3.8, 4) is 0 Å². The fourth-order valence-corrected chi connectivity index (χ4v) is 10.4. The Bertz CT molecular complexity index is 1240. The number of aliphatic hydroxyl groups is 1. The Hall–Kier alpha value is -2.36. The Kier molecular flexibility index (Phi) is 8.92. The van der Waals surface area contributed by atoms with Gasteiger partial charge >= 0.3 is 0 Å². The molecular weight excluding hydrogens is 590 g/mol. The molecule has 40 heavy (non-hydrogen) atoms. The number of amides is 3. The molecule has 3 heterocycles. The van der Waals surface area contributed by atoms with Crippen LogP contribution in [0.2, 0.25) is 0 Å². The number of halogens is 1. The molecule has 0 aromatic heterocycles. The fraction of sp³-hybridized carbons (Fsp3) is 0.516. The minimum Gasteiger partial charge on any atom is -0.396 e. The van der Waals surface area contributed by atoms with Gasteiger partial charge in [0.1, 0.15) is 6.04 Å². The predicted molar refractivity (Wildman–Crippen MR) is 162 cm³/mol. The number of thioether (sulfide) groups is 1. The van der Waals surface area contributed by atoms with Gasteiger partial charge < -0.3 is 20.6 Å². The number of aryl methyl sites for hydroxylation is 2. The van der Waals surface area contributed by atoms with Crippen LogP contribution in [0.4, 0.5) is 5.69 Å². The lowest BCUT2D eigenvalue weighted by Gasteiger charge is -2.35. The Balaban J connectivity index is 1.43. The maximum Gasteiger partial charge on any atom is 0.248 e. The lowest BCUT2D eigenvalue weighted by Crippen LogP contribution is -2.53. The summed E-state index contributed by atoms with van der Waals surface area (Å²) >= 11 is 5.49. The molecule has 0 aliphatic carbocycles. The molecule has 3 aliphatic rings. The highest BCUT2D eigenvalue weighted by Crippen LogP contribution is 2.67. The van der Waals surface area contributed by atoms with E-state index in [0.717, 1.165) is 48.1 Å². The molecule has 1 spiro atoms. The summed E-state index contributed by atoms with van der Waals surface area (Å²) < 4.78 is -0.670. The molecule has 3 amide bonds. The molecule has 3 fully saturated rings. The number of alkyl halides is 1. The van der Waals surface area contributed by atoms with Gasteiger partial charge in [-0.15, -0.1) is 11.8 Å². The van der Waals surface area contributed by atoms with E-state index in [2.05, 4.69) is 26.6 Å². The first-order valence-corrected chi connectivity index (χ1v) is 16.0. The number of hydrogen-bond acceptors (Lipinski definition) is 5. The summed E-state index contributed by atoms with van der Waals surface area (Å²) in [6.45, 7) is 4.96. The van der Waals surface area contributed by atoms with E-state index in [-0.39, 0.29) is 34.4 Å². The van der Waals surface area contributed by atoms with Crippen LogP contribution in [0.15, 0.2) is 48.5 Å². The highest BCUT2D eigenvalue weighted by molar-refractivity contribution is 9.09. The number of aliphatic hydroxyl groups excluding tert-OH is 1. The molecule has 0 radical (unpaired) electrons. The van der Waals surface area contributed by atoms with Gasteiger partial charge in [-0.3, -0.25) is 14.4 Å². The predicted octanol–water partition coefficient (Wildman–Crippen LogP) is 4.58. The molecule has 2 aromatic rings. The van der Waals surface area contributed by atoms with E-state index < -0.39 is 22.6 Å². The van der Waals surface area contributed by atoms with Crippen molar-refractivity contribution in [2.24, 2.45) is 11.8 Å². The van der Waals surface area contributed by atoms with E-state index in [0.29, 0.717) is 19.5 Å². The molecule has 3 saturated heterocycles. The van der Waals surface area contributed by atoms with Crippen LogP contribution in [-0.2, 0) is 20.9 Å². The fourth-order valence-electron chi connectivity index (χ4n) is 6.82. The molecule has 3 aliphatic heterocycles. The number of likely N-dealkylation sites (tertiary alicyclic amines) is 1. The van der Waals surface area contributed by atoms with E-state index >= 15 is 0 Å². The molecular formula is C31H38BrN3O4S. The Morgan fingerprint density at radius 3 is 2.42 bits per heavy atom. The van der Waals surface area contributed by atoms with Crippen LogP contribution in [0.25, 0.3) is 0 Å². The Morgan fingerprint density at radius 1 is 1.02 bits per heavy atom. The van der Waals surface area contributed by atoms with Gasteiger partial charge in [-0.1, -0.05) is 77.3 Å². The number of hydrogen-bond donors (Lipinski definition) is 3. The zero-order valence-corrected chi connectivity index (χ0v) is 25.5. The van der Waals surface area contributed by atoms with Crippen molar-refractivity contribution in [3.63, 3.8) is 0 Å². The van der Waals surface area contributed by atoms with Crippen LogP contribution >= 0.6 is 27.7 Å². The monoisotopic (exact) mass is 627 g/mol. The van der Waals surface area contributed by atoms with Gasteiger partial charge in [0.05, 0.1) is 16.6 Å². The highest BCUT2D eigenvalue weighted by atomic mass is 79.9. The van der Waals surface area contributed by atoms with E-state index in [1.165, 1.54) is 0 Å². The molecule has 214 valence electrons. The van der Waals surface area contributed by atoms with Crippen molar-refractivity contribution in [2.75, 3.05) is 18.5 Å². The lowest BCUT2D eigenvalue weighted by molar-refractivity contribution is -0.139. The minimum absolute atomic E-state index is 0.0361. The van der Waals surface area contributed by atoms with Gasteiger partial charge in [0.2, 0.25) is 17.7 Å². The largest absolute Gasteiger partial charge is 0.396 e. The summed E-state index contributed by atoms with van der Waals surface area (Å²) in [6.07, 6.45) is 3.87. The molecule has 9 heteroatoms. The molecule has 6 atom stereocenters. The average molecular weight is 629 g/mol. The second kappa shape index (κ2) is 12.2. The van der Waals surface area contributed by atoms with Crippen LogP contribution < -0.4 is 10.6 Å². The molecule has 2 bridgehead atoms. The lowest BCUT2D eigenvalue weighted by atomic mass is 9.70. The standard InChI is InChI=1S/C31H38BrN3O4S/c1-19-11-10-12-20(2)25(19)34-29(38)27-31-17-22(32)26(40-31)23(28(37)33-18-21-13-6-5-7-14-21)24(31)30(39)35(27)15-8-3-4-9-16-36/h5-7,10-14,22-24,26-27,36H,3-4,8-9,15-18H2,1-2H3,(H,33,37)(H,34,38)/t22?,23-,24+,26-,27?,31?/m1/s1. The van der Waals surface area contributed by atoms with Crippen molar-refractivity contribution in [3.05, 3.63) is 65.2 Å². The first-order chi connectivity index (χ1) is 19.3. The van der Waals surface area contributed by atoms with Crippen LogP contribution in [0.1, 0.15) is 48.8 Å². The summed E-state index contributed by atoms with van der Waals surface area (Å²) in [5, 5.41) is 15.4. The number of carbonyl (C=O) groups is 3. The minimum atomic E-state index is -0.670. The number of unbranched alkanes of at least 4 members (excludes halogenated alkanes) is 3. The average Bonchev–Trinajstić information content (AvgIpc) is 3.53. The summed E-state index contributed by atoms with van der Waals surface area (Å²) in [5.74, 6) is -1.43. The summed E-state index contributed by atoms with van der Waals surface area (Å²) in [4.78, 5) is 43.8. The second-order valence-electron chi connectivity index (χ2n) is 11.3. The van der Waals surface area contributed by atoms with Crippen molar-refractivity contribution in [1.29, 1.82) is 0 Å². The smallest absolute Gasteiger partial charge is 0.248 e. The molecule has 5 rings (SSSR count). The number of nitrogens with one attached hydrogen (secondary N) is 2. The first kappa shape index (κ1) is 29.1. The van der Waals surface area contributed by atoms with Crippen molar-refractivity contribution in [2.45, 2.75) is 73.4 Å². The van der Waals surface area contributed by atoms with E-state index in [4.69, 9.17) is 5.11 Å². The number of rotatable bonds is 11. The summed E-state index contributed by atoms with van der Waals surface area (Å²) in [7, 11) is 0. The topological polar surface area (TPSA) is 98.7 Å². The SMILES string of the molecule is Cc1cccc(C)c1NC(=O)C1N(CCCCCCO)C(=O)[C@@H]2[C@@H](C(=O)NCc3ccccc3)[C@@H]3SC12CC3Br. The molecule has 3 unspecified atom stereocenters. The third-order valence-corrected chi connectivity index (χ3v) is 11.9. The van der Waals surface area contributed by atoms with Crippen LogP contribution in [0.3, 0.4) is 0 Å². The quantitative estimate of drug-likeness (QED) is 0.250. The highest BCUT2D eigenvalue weighted by Gasteiger charge is 2.75. The zero-order chi connectivity index (χ0) is 28.4. The summed E-state index contributed by atoms with van der Waals surface area (Å²) in [5.41, 5.74) is 3.74. The Morgan fingerprint density at radius 2 is 1.73 bits per heavy atom. The Labute approximate surface area is 249 Å². The van der Waals surface area contributed by atoms with E-state index in [9.17, 15) is 14.4 Å². The number of carbonyl (C=O) groups excluding carboxylic acids is 3. The third-order valence-electron chi connectivity index (χ3n) is 8.69. The first-order valence-electron chi connectivity index (χ1n) is 14.2. The molecule has 3 N–H and O–H groups in total. The molecule has 2 aromatic carbocycles. The number of nitrogens with zero attached hydrogens (tertiary/aromatic N) is 1. The van der Waals surface area contributed by atoms with Crippen molar-refractivity contribution < 1.29 is 19.5 Å². The number of para-hydroxylation sites is 1. The number of fused-ring (bicyclic) bond motifs is 1. The van der Waals surface area contributed by atoms with E-state index in [1.54, 1.807) is 16.7 Å². The number of benzene rings is 2. The second-order valence-corrected chi connectivity index (χ2v) is 14.0. The maximum atomic E-state index is 14.2. The van der Waals surface area contributed by atoms with Crippen LogP contribution in [-0.4, -0.2) is 61.7 Å². The van der Waals surface area contributed by atoms with Crippen molar-refractivity contribution >= 4 is 51.1 Å². The molecule has 0 saturated carbocycles. The van der Waals surface area contributed by atoms with Crippen LogP contribution in [0.5, 0.6) is 0 Å². The normalized spacial score (nSPS) is 28.6. The van der Waals surface area contributed by atoms with Gasteiger partial charge in [-0.05, 0) is 49.8 Å². The number of anilines is 1. The van der Waals surface area contributed by atoms with Gasteiger partial charge in [0.25, 0.3) is 0 Å². The van der Waals surface area contributed by atoms with Gasteiger partial charge in [-0.2, -0.15) is 0 Å². The van der Waals surface area contributed by atoms with Crippen LogP contribution in [0, 0.1) is 25.7 Å². The van der Waals surface area contributed by atoms with Gasteiger partial charge in [0, 0.05) is 35.5 Å². The van der Waals surface area contributed by atoms with Gasteiger partial charge in [0.15, 0.2) is 0 Å². The van der Waals surface area contributed by atoms with Gasteiger partial charge in [-0.25, -0.2) is 0 Å². The van der Waals surface area contributed by atoms with E-state index in [1.807, 2.05) is 62.4 Å².